The first-order valence-electron chi connectivity index (χ1n) is 4.92. The van der Waals surface area contributed by atoms with Gasteiger partial charge in [-0.2, -0.15) is 5.10 Å². The fourth-order valence-electron chi connectivity index (χ4n) is 1.52. The summed E-state index contributed by atoms with van der Waals surface area (Å²) in [5, 5.41) is 17.3. The fourth-order valence-corrected chi connectivity index (χ4v) is 1.52. The summed E-state index contributed by atoms with van der Waals surface area (Å²) in [7, 11) is 0. The summed E-state index contributed by atoms with van der Waals surface area (Å²) in [6.07, 6.45) is 0.664. The first kappa shape index (κ1) is 10.5. The SMILES string of the molecule is CCCC1Oc2c(n[nH]c2C(=O)O)NC1=O. The normalized spacial score (nSPS) is 18.6. The second-order valence-electron chi connectivity index (χ2n) is 3.47. The molecule has 0 saturated carbocycles. The Balaban J connectivity index is 2.31. The number of aromatic carboxylic acids is 1. The van der Waals surface area contributed by atoms with Crippen molar-refractivity contribution < 1.29 is 19.4 Å². The van der Waals surface area contributed by atoms with Crippen molar-refractivity contribution in [1.29, 1.82) is 0 Å². The molecule has 0 spiro atoms. The smallest absolute Gasteiger partial charge is 0.357 e. The highest BCUT2D eigenvalue weighted by molar-refractivity contribution is 6.00. The van der Waals surface area contributed by atoms with E-state index in [1.807, 2.05) is 6.92 Å². The van der Waals surface area contributed by atoms with Crippen molar-refractivity contribution in [3.05, 3.63) is 5.69 Å². The Hall–Kier alpha value is -2.05. The minimum atomic E-state index is -1.17. The molecule has 3 N–H and O–H groups in total. The minimum absolute atomic E-state index is 0.102. The van der Waals surface area contributed by atoms with Gasteiger partial charge in [0.25, 0.3) is 5.91 Å². The van der Waals surface area contributed by atoms with E-state index in [2.05, 4.69) is 15.5 Å². The topological polar surface area (TPSA) is 104 Å². The molecule has 2 heterocycles. The lowest BCUT2D eigenvalue weighted by Crippen LogP contribution is -2.37. The number of carboxylic acid groups (broad SMARTS) is 1. The third-order valence-corrected chi connectivity index (χ3v) is 2.28. The number of aromatic amines is 1. The van der Waals surface area contributed by atoms with Gasteiger partial charge in [-0.3, -0.25) is 9.89 Å². The quantitative estimate of drug-likeness (QED) is 0.699. The van der Waals surface area contributed by atoms with E-state index < -0.39 is 12.1 Å². The zero-order valence-electron chi connectivity index (χ0n) is 8.61. The van der Waals surface area contributed by atoms with Gasteiger partial charge in [-0.05, 0) is 6.42 Å². The van der Waals surface area contributed by atoms with Crippen molar-refractivity contribution in [2.24, 2.45) is 0 Å². The molecular weight excluding hydrogens is 214 g/mol. The molecule has 1 unspecified atom stereocenters. The van der Waals surface area contributed by atoms with E-state index in [1.165, 1.54) is 0 Å². The number of ether oxygens (including phenoxy) is 1. The van der Waals surface area contributed by atoms with Crippen LogP contribution in [0.5, 0.6) is 5.75 Å². The predicted octanol–water partition coefficient (Wildman–Crippen LogP) is 0.607. The Kier molecular flexibility index (Phi) is 2.51. The molecule has 0 saturated heterocycles. The van der Waals surface area contributed by atoms with E-state index in [-0.39, 0.29) is 23.2 Å². The number of carboxylic acids is 1. The highest BCUT2D eigenvalue weighted by atomic mass is 16.5. The third-order valence-electron chi connectivity index (χ3n) is 2.28. The van der Waals surface area contributed by atoms with Crippen LogP contribution in [0.2, 0.25) is 0 Å². The van der Waals surface area contributed by atoms with Gasteiger partial charge in [-0.25, -0.2) is 4.79 Å². The molecule has 2 rings (SSSR count). The van der Waals surface area contributed by atoms with Gasteiger partial charge in [-0.1, -0.05) is 13.3 Å². The molecule has 1 aliphatic heterocycles. The van der Waals surface area contributed by atoms with Gasteiger partial charge in [0.2, 0.25) is 0 Å². The average molecular weight is 225 g/mol. The van der Waals surface area contributed by atoms with Crippen LogP contribution >= 0.6 is 0 Å². The molecule has 1 amide bonds. The van der Waals surface area contributed by atoms with E-state index >= 15 is 0 Å². The third kappa shape index (κ3) is 1.60. The van der Waals surface area contributed by atoms with Crippen molar-refractivity contribution in [2.75, 3.05) is 5.32 Å². The Morgan fingerprint density at radius 1 is 1.62 bits per heavy atom. The maximum atomic E-state index is 11.5. The van der Waals surface area contributed by atoms with Crippen LogP contribution in [0.4, 0.5) is 5.82 Å². The summed E-state index contributed by atoms with van der Waals surface area (Å²) in [6.45, 7) is 1.92. The second-order valence-corrected chi connectivity index (χ2v) is 3.47. The predicted molar refractivity (Wildman–Crippen MR) is 53.5 cm³/mol. The van der Waals surface area contributed by atoms with Crippen LogP contribution in [0.1, 0.15) is 30.3 Å². The van der Waals surface area contributed by atoms with Crippen LogP contribution in [0, 0.1) is 0 Å². The zero-order valence-corrected chi connectivity index (χ0v) is 8.61. The second kappa shape index (κ2) is 3.84. The van der Waals surface area contributed by atoms with Crippen LogP contribution in [0.25, 0.3) is 0 Å². The Labute approximate surface area is 90.8 Å². The number of fused-ring (bicyclic) bond motifs is 1. The summed E-state index contributed by atoms with van der Waals surface area (Å²) in [5.74, 6) is -1.22. The largest absolute Gasteiger partial charge is 0.476 e. The number of hydrogen-bond acceptors (Lipinski definition) is 4. The van der Waals surface area contributed by atoms with Crippen LogP contribution < -0.4 is 10.1 Å². The minimum Gasteiger partial charge on any atom is -0.476 e. The number of aromatic nitrogens is 2. The standard InChI is InChI=1S/C9H11N3O4/c1-2-3-4-8(13)10-7-6(16-4)5(9(14)15)11-12-7/h4H,2-3H2,1H3,(H,14,15)(H2,10,11,12,13). The number of amides is 1. The van der Waals surface area contributed by atoms with Crippen molar-refractivity contribution in [1.82, 2.24) is 10.2 Å². The molecule has 0 fully saturated rings. The van der Waals surface area contributed by atoms with Crippen molar-refractivity contribution in [3.8, 4) is 5.75 Å². The summed E-state index contributed by atoms with van der Waals surface area (Å²) >= 11 is 0. The Morgan fingerprint density at radius 2 is 2.38 bits per heavy atom. The van der Waals surface area contributed by atoms with Crippen molar-refractivity contribution in [2.45, 2.75) is 25.9 Å². The summed E-state index contributed by atoms with van der Waals surface area (Å²) in [5.41, 5.74) is -0.142. The molecule has 1 aromatic rings. The van der Waals surface area contributed by atoms with Crippen LogP contribution in [-0.2, 0) is 4.79 Å². The lowest BCUT2D eigenvalue weighted by atomic mass is 10.1. The van der Waals surface area contributed by atoms with Gasteiger partial charge in [0.1, 0.15) is 0 Å². The molecule has 0 aliphatic carbocycles. The summed E-state index contributed by atoms with van der Waals surface area (Å²) in [6, 6.07) is 0. The van der Waals surface area contributed by atoms with Crippen LogP contribution in [0.3, 0.4) is 0 Å². The Bertz CT molecular complexity index is 440. The first-order chi connectivity index (χ1) is 7.63. The molecule has 0 bridgehead atoms. The first-order valence-corrected chi connectivity index (χ1v) is 4.92. The lowest BCUT2D eigenvalue weighted by Gasteiger charge is -2.22. The van der Waals surface area contributed by atoms with E-state index in [9.17, 15) is 9.59 Å². The van der Waals surface area contributed by atoms with Gasteiger partial charge in [0, 0.05) is 0 Å². The number of carbonyl (C=O) groups excluding carboxylic acids is 1. The fraction of sp³-hybridized carbons (Fsp3) is 0.444. The summed E-state index contributed by atoms with van der Waals surface area (Å²) < 4.78 is 5.33. The number of nitrogens with zero attached hydrogens (tertiary/aromatic N) is 1. The van der Waals surface area contributed by atoms with E-state index in [0.717, 1.165) is 6.42 Å². The van der Waals surface area contributed by atoms with Gasteiger partial charge in [0.05, 0.1) is 0 Å². The molecular formula is C9H11N3O4. The van der Waals surface area contributed by atoms with Crippen molar-refractivity contribution >= 4 is 17.7 Å². The molecule has 7 nitrogen and oxygen atoms in total. The van der Waals surface area contributed by atoms with Crippen LogP contribution in [-0.4, -0.2) is 33.3 Å². The molecule has 7 heteroatoms. The molecule has 16 heavy (non-hydrogen) atoms. The highest BCUT2D eigenvalue weighted by Gasteiger charge is 2.32. The van der Waals surface area contributed by atoms with E-state index in [4.69, 9.17) is 9.84 Å². The number of carbonyl (C=O) groups is 2. The molecule has 1 aliphatic rings. The maximum absolute atomic E-state index is 11.5. The maximum Gasteiger partial charge on any atom is 0.357 e. The molecule has 0 aromatic carbocycles. The number of hydrogen-bond donors (Lipinski definition) is 3. The number of rotatable bonds is 3. The Morgan fingerprint density at radius 3 is 3.00 bits per heavy atom. The molecule has 86 valence electrons. The molecule has 1 aromatic heterocycles. The van der Waals surface area contributed by atoms with Crippen LogP contribution in [0.15, 0.2) is 0 Å². The molecule has 1 atom stereocenters. The highest BCUT2D eigenvalue weighted by Crippen LogP contribution is 2.31. The average Bonchev–Trinajstić information content (AvgIpc) is 2.61. The van der Waals surface area contributed by atoms with Crippen molar-refractivity contribution in [3.63, 3.8) is 0 Å². The van der Waals surface area contributed by atoms with Gasteiger partial charge in [-0.15, -0.1) is 0 Å². The number of H-pyrrole nitrogens is 1. The molecule has 0 radical (unpaired) electrons. The monoisotopic (exact) mass is 225 g/mol. The zero-order chi connectivity index (χ0) is 11.7. The lowest BCUT2D eigenvalue weighted by molar-refractivity contribution is -0.123. The number of anilines is 1. The van der Waals surface area contributed by atoms with Gasteiger partial charge < -0.3 is 15.2 Å². The van der Waals surface area contributed by atoms with Gasteiger partial charge in [0.15, 0.2) is 23.4 Å². The van der Waals surface area contributed by atoms with E-state index in [0.29, 0.717) is 6.42 Å². The van der Waals surface area contributed by atoms with E-state index in [1.54, 1.807) is 0 Å². The number of nitrogens with one attached hydrogen (secondary N) is 2. The van der Waals surface area contributed by atoms with Gasteiger partial charge >= 0.3 is 5.97 Å². The summed E-state index contributed by atoms with van der Waals surface area (Å²) in [4.78, 5) is 22.3.